The number of hydrogen-bond donors (Lipinski definition) is 1. The van der Waals surface area contributed by atoms with Gasteiger partial charge in [-0.1, -0.05) is 0 Å². The number of aromatic nitrogens is 6. The molecule has 3 heterocycles. The average molecular weight is 281 g/mol. The molecule has 0 saturated carbocycles. The smallest absolute Gasteiger partial charge is 0.240 e. The molecule has 0 spiro atoms. The predicted octanol–water partition coefficient (Wildman–Crippen LogP) is 1.86. The first-order valence-electron chi connectivity index (χ1n) is 6.66. The summed E-state index contributed by atoms with van der Waals surface area (Å²) in [6.45, 7) is 4.72. The monoisotopic (exact) mass is 281 g/mol. The Kier molecular flexibility index (Phi) is 3.55. The molecular weight excluding hydrogens is 266 g/mol. The van der Waals surface area contributed by atoms with E-state index in [0.717, 1.165) is 17.7 Å². The van der Waals surface area contributed by atoms with Crippen LogP contribution in [0.1, 0.15) is 12.5 Å². The summed E-state index contributed by atoms with van der Waals surface area (Å²) in [6.07, 6.45) is 8.68. The number of nitrogens with zero attached hydrogens (tertiary/aromatic N) is 6. The minimum absolute atomic E-state index is 0.523. The Bertz CT molecular complexity index is 737. The number of aryl methyl sites for hydroxylation is 1. The number of anilines is 1. The van der Waals surface area contributed by atoms with Crippen LogP contribution in [0.3, 0.4) is 0 Å². The van der Waals surface area contributed by atoms with E-state index in [0.29, 0.717) is 17.7 Å². The molecule has 0 fully saturated rings. The second-order valence-corrected chi connectivity index (χ2v) is 4.53. The number of imidazole rings is 1. The maximum absolute atomic E-state index is 4.49. The highest BCUT2D eigenvalue weighted by Gasteiger charge is 2.10. The van der Waals surface area contributed by atoms with E-state index in [4.69, 9.17) is 0 Å². The minimum atomic E-state index is 0.523. The van der Waals surface area contributed by atoms with Crippen molar-refractivity contribution in [2.75, 3.05) is 11.9 Å². The van der Waals surface area contributed by atoms with Crippen molar-refractivity contribution in [1.29, 1.82) is 0 Å². The Morgan fingerprint density at radius 1 is 1.14 bits per heavy atom. The van der Waals surface area contributed by atoms with Gasteiger partial charge in [0, 0.05) is 36.9 Å². The topological polar surface area (TPSA) is 81.4 Å². The molecule has 7 heteroatoms. The molecular formula is C14H15N7. The highest BCUT2D eigenvalue weighted by atomic mass is 15.2. The molecule has 106 valence electrons. The van der Waals surface area contributed by atoms with Crippen molar-refractivity contribution < 1.29 is 0 Å². The van der Waals surface area contributed by atoms with Gasteiger partial charge in [0.15, 0.2) is 5.82 Å². The predicted molar refractivity (Wildman–Crippen MR) is 79.1 cm³/mol. The number of rotatable bonds is 4. The molecule has 3 rings (SSSR count). The van der Waals surface area contributed by atoms with E-state index in [1.165, 1.54) is 0 Å². The van der Waals surface area contributed by atoms with Gasteiger partial charge in [-0.3, -0.25) is 9.55 Å². The van der Waals surface area contributed by atoms with Crippen LogP contribution in [0, 0.1) is 6.92 Å². The maximum Gasteiger partial charge on any atom is 0.240 e. The van der Waals surface area contributed by atoms with Crippen LogP contribution in [0.2, 0.25) is 0 Å². The third-order valence-corrected chi connectivity index (χ3v) is 2.83. The number of pyridine rings is 1. The Labute approximate surface area is 122 Å². The summed E-state index contributed by atoms with van der Waals surface area (Å²) in [5.41, 5.74) is 1.92. The van der Waals surface area contributed by atoms with Gasteiger partial charge in [0.1, 0.15) is 6.33 Å². The third-order valence-electron chi connectivity index (χ3n) is 2.83. The fourth-order valence-corrected chi connectivity index (χ4v) is 1.90. The molecule has 3 aromatic heterocycles. The molecule has 0 amide bonds. The molecule has 7 nitrogen and oxygen atoms in total. The van der Waals surface area contributed by atoms with Crippen LogP contribution in [0.5, 0.6) is 0 Å². The normalized spacial score (nSPS) is 10.6. The van der Waals surface area contributed by atoms with Crippen LogP contribution in [0.25, 0.3) is 17.3 Å². The van der Waals surface area contributed by atoms with Crippen molar-refractivity contribution in [1.82, 2.24) is 29.5 Å². The van der Waals surface area contributed by atoms with Gasteiger partial charge < -0.3 is 5.32 Å². The lowest BCUT2D eigenvalue weighted by molar-refractivity contribution is 0.896. The van der Waals surface area contributed by atoms with Gasteiger partial charge in [0.05, 0.1) is 0 Å². The van der Waals surface area contributed by atoms with E-state index in [2.05, 4.69) is 30.2 Å². The zero-order valence-electron chi connectivity index (χ0n) is 11.9. The summed E-state index contributed by atoms with van der Waals surface area (Å²) in [5.74, 6) is 1.64. The lowest BCUT2D eigenvalue weighted by atomic mass is 10.2. The van der Waals surface area contributed by atoms with Gasteiger partial charge >= 0.3 is 0 Å². The van der Waals surface area contributed by atoms with Gasteiger partial charge in [-0.2, -0.15) is 15.0 Å². The largest absolute Gasteiger partial charge is 0.354 e. The van der Waals surface area contributed by atoms with E-state index in [1.807, 2.05) is 19.9 Å². The summed E-state index contributed by atoms with van der Waals surface area (Å²) in [6, 6.07) is 2.00. The lowest BCUT2D eigenvalue weighted by Crippen LogP contribution is -2.09. The first kappa shape index (κ1) is 13.2. The lowest BCUT2D eigenvalue weighted by Gasteiger charge is -2.08. The summed E-state index contributed by atoms with van der Waals surface area (Å²) >= 11 is 0. The first-order chi connectivity index (χ1) is 10.3. The molecule has 0 unspecified atom stereocenters. The van der Waals surface area contributed by atoms with E-state index >= 15 is 0 Å². The van der Waals surface area contributed by atoms with Gasteiger partial charge in [-0.15, -0.1) is 0 Å². The molecule has 3 aromatic rings. The Hall–Kier alpha value is -2.83. The summed E-state index contributed by atoms with van der Waals surface area (Å²) in [4.78, 5) is 21.5. The molecule has 0 atom stereocenters. The number of hydrogen-bond acceptors (Lipinski definition) is 6. The van der Waals surface area contributed by atoms with Crippen LogP contribution in [0.15, 0.2) is 37.2 Å². The zero-order valence-corrected chi connectivity index (χ0v) is 11.9. The van der Waals surface area contributed by atoms with Crippen molar-refractivity contribution in [2.24, 2.45) is 0 Å². The van der Waals surface area contributed by atoms with Crippen molar-refractivity contribution in [3.63, 3.8) is 0 Å². The van der Waals surface area contributed by atoms with Crippen molar-refractivity contribution in [2.45, 2.75) is 13.8 Å². The van der Waals surface area contributed by atoms with Crippen molar-refractivity contribution in [3.8, 4) is 17.3 Å². The second-order valence-electron chi connectivity index (χ2n) is 4.53. The molecule has 0 aliphatic rings. The summed E-state index contributed by atoms with van der Waals surface area (Å²) < 4.78 is 1.75. The highest BCUT2D eigenvalue weighted by molar-refractivity contribution is 5.56. The molecule has 0 bridgehead atoms. The summed E-state index contributed by atoms with van der Waals surface area (Å²) in [5, 5.41) is 3.12. The van der Waals surface area contributed by atoms with E-state index in [-0.39, 0.29) is 0 Å². The Morgan fingerprint density at radius 2 is 2.05 bits per heavy atom. The van der Waals surface area contributed by atoms with Gasteiger partial charge in [0.2, 0.25) is 11.9 Å². The molecule has 21 heavy (non-hydrogen) atoms. The molecule has 0 saturated heterocycles. The van der Waals surface area contributed by atoms with Gasteiger partial charge in [-0.25, -0.2) is 4.98 Å². The van der Waals surface area contributed by atoms with E-state index in [9.17, 15) is 0 Å². The van der Waals surface area contributed by atoms with Gasteiger partial charge in [0.25, 0.3) is 0 Å². The van der Waals surface area contributed by atoms with Crippen molar-refractivity contribution in [3.05, 3.63) is 42.7 Å². The van der Waals surface area contributed by atoms with E-state index < -0.39 is 0 Å². The van der Waals surface area contributed by atoms with Crippen LogP contribution in [0.4, 0.5) is 5.95 Å². The summed E-state index contributed by atoms with van der Waals surface area (Å²) in [7, 11) is 0. The van der Waals surface area contributed by atoms with Crippen LogP contribution >= 0.6 is 0 Å². The van der Waals surface area contributed by atoms with Gasteiger partial charge in [-0.05, 0) is 25.5 Å². The standard InChI is InChI=1S/C14H15N7/c1-3-17-13-18-12(11-6-10(2)7-16-8-11)19-14(20-13)21-5-4-15-9-21/h4-9H,3H2,1-2H3,(H,17,18,19,20). The zero-order chi connectivity index (χ0) is 14.7. The minimum Gasteiger partial charge on any atom is -0.354 e. The highest BCUT2D eigenvalue weighted by Crippen LogP contribution is 2.17. The maximum atomic E-state index is 4.49. The van der Waals surface area contributed by atoms with Crippen LogP contribution < -0.4 is 5.32 Å². The van der Waals surface area contributed by atoms with Crippen LogP contribution in [-0.2, 0) is 0 Å². The first-order valence-corrected chi connectivity index (χ1v) is 6.66. The molecule has 0 aliphatic carbocycles. The molecule has 0 aromatic carbocycles. The molecule has 0 radical (unpaired) electrons. The second kappa shape index (κ2) is 5.66. The number of nitrogens with one attached hydrogen (secondary N) is 1. The Balaban J connectivity index is 2.11. The van der Waals surface area contributed by atoms with Crippen LogP contribution in [-0.4, -0.2) is 36.0 Å². The average Bonchev–Trinajstić information content (AvgIpc) is 3.01. The van der Waals surface area contributed by atoms with E-state index in [1.54, 1.807) is 35.7 Å². The Morgan fingerprint density at radius 3 is 2.76 bits per heavy atom. The molecule has 1 N–H and O–H groups in total. The fourth-order valence-electron chi connectivity index (χ4n) is 1.90. The SMILES string of the molecule is CCNc1nc(-c2cncc(C)c2)nc(-n2ccnc2)n1. The third kappa shape index (κ3) is 2.86. The van der Waals surface area contributed by atoms with Crippen molar-refractivity contribution >= 4 is 5.95 Å². The molecule has 0 aliphatic heterocycles. The quantitative estimate of drug-likeness (QED) is 0.786. The fraction of sp³-hybridized carbons (Fsp3) is 0.214.